The Kier molecular flexibility index (Phi) is 4.39. The van der Waals surface area contributed by atoms with Crippen LogP contribution in [-0.4, -0.2) is 60.4 Å². The molecule has 0 amide bonds. The molecule has 2 bridgehead atoms. The topological polar surface area (TPSA) is 51.2 Å². The SMILES string of the molecule is OC1(CC2OCCO2)CC2COCC(C1)N2Cc1ccccc1. The fourth-order valence-electron chi connectivity index (χ4n) is 4.20. The molecule has 0 spiro atoms. The van der Waals surface area contributed by atoms with E-state index in [0.29, 0.717) is 32.8 Å². The third-order valence-corrected chi connectivity index (χ3v) is 5.24. The quantitative estimate of drug-likeness (QED) is 0.912. The first-order valence-electron chi connectivity index (χ1n) is 8.55. The summed E-state index contributed by atoms with van der Waals surface area (Å²) in [6.07, 6.45) is 1.76. The molecule has 1 N–H and O–H groups in total. The number of morpholine rings is 1. The van der Waals surface area contributed by atoms with E-state index in [4.69, 9.17) is 14.2 Å². The Hall–Kier alpha value is -0.980. The van der Waals surface area contributed by atoms with Crippen LogP contribution in [0.5, 0.6) is 0 Å². The van der Waals surface area contributed by atoms with Crippen molar-refractivity contribution < 1.29 is 19.3 Å². The predicted molar refractivity (Wildman–Crippen MR) is 84.9 cm³/mol. The lowest BCUT2D eigenvalue weighted by molar-refractivity contribution is -0.173. The highest BCUT2D eigenvalue weighted by molar-refractivity contribution is 5.15. The minimum absolute atomic E-state index is 0.248. The van der Waals surface area contributed by atoms with Crippen LogP contribution in [0.25, 0.3) is 0 Å². The predicted octanol–water partition coefficient (Wildman–Crippen LogP) is 1.54. The summed E-state index contributed by atoms with van der Waals surface area (Å²) in [5.74, 6) is 0. The second kappa shape index (κ2) is 6.49. The maximum Gasteiger partial charge on any atom is 0.160 e. The Balaban J connectivity index is 1.45. The molecule has 23 heavy (non-hydrogen) atoms. The van der Waals surface area contributed by atoms with Gasteiger partial charge in [0, 0.05) is 25.0 Å². The summed E-state index contributed by atoms with van der Waals surface area (Å²) in [7, 11) is 0. The fourth-order valence-corrected chi connectivity index (χ4v) is 4.20. The second-order valence-corrected chi connectivity index (χ2v) is 7.01. The highest BCUT2D eigenvalue weighted by atomic mass is 16.7. The summed E-state index contributed by atoms with van der Waals surface area (Å²) < 4.78 is 16.8. The normalized spacial score (nSPS) is 35.5. The van der Waals surface area contributed by atoms with Gasteiger partial charge in [-0.3, -0.25) is 4.90 Å². The number of benzene rings is 1. The zero-order valence-corrected chi connectivity index (χ0v) is 13.4. The maximum atomic E-state index is 11.1. The van der Waals surface area contributed by atoms with Crippen LogP contribution in [0.1, 0.15) is 24.8 Å². The molecule has 0 aromatic heterocycles. The van der Waals surface area contributed by atoms with Crippen LogP contribution in [0.2, 0.25) is 0 Å². The standard InChI is InChI=1S/C18H25NO4/c20-18(10-17-22-6-7-23-17)8-15-12-21-13-16(9-18)19(15)11-14-4-2-1-3-5-14/h1-5,15-17,20H,6-13H2. The molecule has 0 aliphatic carbocycles. The van der Waals surface area contributed by atoms with Crippen molar-refractivity contribution in [2.24, 2.45) is 0 Å². The molecule has 3 heterocycles. The Labute approximate surface area is 137 Å². The molecule has 3 aliphatic heterocycles. The molecule has 5 heteroatoms. The van der Waals surface area contributed by atoms with Gasteiger partial charge in [-0.1, -0.05) is 30.3 Å². The molecule has 1 aromatic carbocycles. The molecule has 0 radical (unpaired) electrons. The molecule has 126 valence electrons. The van der Waals surface area contributed by atoms with Crippen LogP contribution < -0.4 is 0 Å². The van der Waals surface area contributed by atoms with Crippen LogP contribution in [0.3, 0.4) is 0 Å². The van der Waals surface area contributed by atoms with E-state index in [1.54, 1.807) is 0 Å². The van der Waals surface area contributed by atoms with Gasteiger partial charge in [0.2, 0.25) is 0 Å². The van der Waals surface area contributed by atoms with Crippen molar-refractivity contribution in [3.63, 3.8) is 0 Å². The number of ether oxygens (including phenoxy) is 3. The summed E-state index contributed by atoms with van der Waals surface area (Å²) in [6.45, 7) is 3.58. The first kappa shape index (κ1) is 15.5. The first-order chi connectivity index (χ1) is 11.2. The zero-order valence-electron chi connectivity index (χ0n) is 13.4. The molecule has 3 fully saturated rings. The fraction of sp³-hybridized carbons (Fsp3) is 0.667. The molecule has 3 saturated heterocycles. The summed E-state index contributed by atoms with van der Waals surface area (Å²) in [6, 6.07) is 11.1. The van der Waals surface area contributed by atoms with Crippen LogP contribution in [0.4, 0.5) is 0 Å². The lowest BCUT2D eigenvalue weighted by atomic mass is 9.78. The Morgan fingerprint density at radius 3 is 2.35 bits per heavy atom. The summed E-state index contributed by atoms with van der Waals surface area (Å²) in [4.78, 5) is 2.50. The van der Waals surface area contributed by atoms with Crippen molar-refractivity contribution in [2.75, 3.05) is 26.4 Å². The van der Waals surface area contributed by atoms with Crippen molar-refractivity contribution >= 4 is 0 Å². The smallest absolute Gasteiger partial charge is 0.160 e. The van der Waals surface area contributed by atoms with Gasteiger partial charge in [-0.25, -0.2) is 0 Å². The van der Waals surface area contributed by atoms with Crippen LogP contribution in [0.15, 0.2) is 30.3 Å². The van der Waals surface area contributed by atoms with E-state index in [9.17, 15) is 5.11 Å². The number of rotatable bonds is 4. The molecule has 3 aliphatic rings. The van der Waals surface area contributed by atoms with Crippen LogP contribution >= 0.6 is 0 Å². The minimum Gasteiger partial charge on any atom is -0.390 e. The zero-order chi connectivity index (χ0) is 15.7. The molecule has 4 rings (SSSR count). The Morgan fingerprint density at radius 2 is 1.70 bits per heavy atom. The van der Waals surface area contributed by atoms with Crippen LogP contribution in [0, 0.1) is 0 Å². The van der Waals surface area contributed by atoms with Crippen molar-refractivity contribution in [2.45, 2.75) is 49.8 Å². The summed E-state index contributed by atoms with van der Waals surface area (Å²) in [5, 5.41) is 11.1. The molecule has 0 saturated carbocycles. The number of hydrogen-bond acceptors (Lipinski definition) is 5. The van der Waals surface area contributed by atoms with E-state index in [-0.39, 0.29) is 18.4 Å². The second-order valence-electron chi connectivity index (χ2n) is 7.01. The van der Waals surface area contributed by atoms with Gasteiger partial charge in [-0.2, -0.15) is 0 Å². The van der Waals surface area contributed by atoms with Gasteiger partial charge in [-0.15, -0.1) is 0 Å². The maximum absolute atomic E-state index is 11.1. The van der Waals surface area contributed by atoms with E-state index < -0.39 is 5.60 Å². The molecular formula is C18H25NO4. The number of hydrogen-bond donors (Lipinski definition) is 1. The van der Waals surface area contributed by atoms with Gasteiger partial charge in [0.25, 0.3) is 0 Å². The molecule has 2 atom stereocenters. The average molecular weight is 319 g/mol. The molecule has 1 aromatic rings. The third-order valence-electron chi connectivity index (χ3n) is 5.24. The number of nitrogens with zero attached hydrogens (tertiary/aromatic N) is 1. The summed E-state index contributed by atoms with van der Waals surface area (Å²) in [5.41, 5.74) is 0.610. The van der Waals surface area contributed by atoms with Gasteiger partial charge in [0.05, 0.1) is 32.0 Å². The highest BCUT2D eigenvalue weighted by Crippen LogP contribution is 2.38. The number of piperidine rings is 1. The molecule has 5 nitrogen and oxygen atoms in total. The lowest BCUT2D eigenvalue weighted by Gasteiger charge is -2.52. The Morgan fingerprint density at radius 1 is 1.04 bits per heavy atom. The summed E-state index contributed by atoms with van der Waals surface area (Å²) >= 11 is 0. The highest BCUT2D eigenvalue weighted by Gasteiger charge is 2.47. The van der Waals surface area contributed by atoms with E-state index in [1.165, 1.54) is 5.56 Å². The molecule has 2 unspecified atom stereocenters. The Bertz CT molecular complexity index is 503. The monoisotopic (exact) mass is 319 g/mol. The lowest BCUT2D eigenvalue weighted by Crippen LogP contribution is -2.61. The van der Waals surface area contributed by atoms with Gasteiger partial charge < -0.3 is 19.3 Å². The van der Waals surface area contributed by atoms with Crippen molar-refractivity contribution in [3.8, 4) is 0 Å². The molecular weight excluding hydrogens is 294 g/mol. The number of aliphatic hydroxyl groups is 1. The minimum atomic E-state index is -0.707. The van der Waals surface area contributed by atoms with E-state index in [1.807, 2.05) is 6.07 Å². The van der Waals surface area contributed by atoms with E-state index >= 15 is 0 Å². The van der Waals surface area contributed by atoms with Gasteiger partial charge in [0.15, 0.2) is 6.29 Å². The third kappa shape index (κ3) is 3.44. The van der Waals surface area contributed by atoms with Crippen LogP contribution in [-0.2, 0) is 20.8 Å². The van der Waals surface area contributed by atoms with Crippen molar-refractivity contribution in [1.29, 1.82) is 0 Å². The van der Waals surface area contributed by atoms with Gasteiger partial charge >= 0.3 is 0 Å². The first-order valence-corrected chi connectivity index (χ1v) is 8.55. The van der Waals surface area contributed by atoms with E-state index in [2.05, 4.69) is 29.2 Å². The largest absolute Gasteiger partial charge is 0.390 e. The van der Waals surface area contributed by atoms with E-state index in [0.717, 1.165) is 19.4 Å². The number of fused-ring (bicyclic) bond motifs is 2. The van der Waals surface area contributed by atoms with Crippen molar-refractivity contribution in [1.82, 2.24) is 4.90 Å². The van der Waals surface area contributed by atoms with Gasteiger partial charge in [-0.05, 0) is 18.4 Å². The van der Waals surface area contributed by atoms with Gasteiger partial charge in [0.1, 0.15) is 0 Å². The van der Waals surface area contributed by atoms with Crippen molar-refractivity contribution in [3.05, 3.63) is 35.9 Å². The average Bonchev–Trinajstić information content (AvgIpc) is 3.02.